The van der Waals surface area contributed by atoms with Crippen LogP contribution in [0.4, 0.5) is 8.78 Å². The molecule has 0 atom stereocenters. The summed E-state index contributed by atoms with van der Waals surface area (Å²) in [5.74, 6) is 2.50. The van der Waals surface area contributed by atoms with Gasteiger partial charge in [0.1, 0.15) is 0 Å². The summed E-state index contributed by atoms with van der Waals surface area (Å²) in [6.07, 6.45) is 1.11. The van der Waals surface area contributed by atoms with E-state index in [2.05, 4.69) is 11.8 Å². The van der Waals surface area contributed by atoms with Gasteiger partial charge in [-0.15, -0.1) is 5.92 Å². The Morgan fingerprint density at radius 2 is 1.90 bits per heavy atom. The van der Waals surface area contributed by atoms with E-state index in [1.165, 1.54) is 0 Å². The third kappa shape index (κ3) is 1.01. The maximum absolute atomic E-state index is 12.6. The molecular weight excluding hydrogens is 134 g/mol. The lowest BCUT2D eigenvalue weighted by Gasteiger charge is -2.16. The standard InChI is InChI=1S/C8H10F2/c1-3-4-8(5-6-8)7(2,9)10/h5-6H2,1-2H3. The number of alkyl halides is 2. The largest absolute Gasteiger partial charge is 0.261 e. The van der Waals surface area contributed by atoms with Crippen molar-refractivity contribution in [1.82, 2.24) is 0 Å². The minimum Gasteiger partial charge on any atom is -0.205 e. The maximum atomic E-state index is 12.6. The van der Waals surface area contributed by atoms with Crippen molar-refractivity contribution in [2.24, 2.45) is 5.41 Å². The molecule has 1 rings (SSSR count). The first-order valence-corrected chi connectivity index (χ1v) is 3.34. The van der Waals surface area contributed by atoms with Gasteiger partial charge in [0.15, 0.2) is 0 Å². The molecule has 2 heteroatoms. The summed E-state index contributed by atoms with van der Waals surface area (Å²) in [7, 11) is 0. The molecule has 0 aliphatic heterocycles. The minimum atomic E-state index is -2.62. The Labute approximate surface area is 59.6 Å². The molecule has 0 amide bonds. The first-order valence-electron chi connectivity index (χ1n) is 3.34. The SMILES string of the molecule is CC#CC1(C(C)(F)F)CC1. The molecule has 1 saturated carbocycles. The molecule has 0 spiro atoms. The van der Waals surface area contributed by atoms with Gasteiger partial charge in [-0.1, -0.05) is 5.92 Å². The number of halogens is 2. The zero-order valence-electron chi connectivity index (χ0n) is 6.17. The van der Waals surface area contributed by atoms with Crippen LogP contribution in [0.3, 0.4) is 0 Å². The molecule has 1 fully saturated rings. The molecule has 10 heavy (non-hydrogen) atoms. The molecule has 0 N–H and O–H groups in total. The Bertz CT molecular complexity index is 186. The average molecular weight is 144 g/mol. The van der Waals surface area contributed by atoms with Crippen molar-refractivity contribution in [1.29, 1.82) is 0 Å². The van der Waals surface area contributed by atoms with Crippen molar-refractivity contribution < 1.29 is 8.78 Å². The van der Waals surface area contributed by atoms with E-state index in [0.717, 1.165) is 6.92 Å². The van der Waals surface area contributed by atoms with Gasteiger partial charge in [-0.3, -0.25) is 0 Å². The predicted octanol–water partition coefficient (Wildman–Crippen LogP) is 2.45. The summed E-state index contributed by atoms with van der Waals surface area (Å²) in [4.78, 5) is 0. The molecule has 0 unspecified atom stereocenters. The van der Waals surface area contributed by atoms with Crippen molar-refractivity contribution in [3.63, 3.8) is 0 Å². The van der Waals surface area contributed by atoms with Gasteiger partial charge >= 0.3 is 0 Å². The van der Waals surface area contributed by atoms with Gasteiger partial charge in [0, 0.05) is 6.92 Å². The van der Waals surface area contributed by atoms with Gasteiger partial charge in [-0.05, 0) is 19.8 Å². The highest BCUT2D eigenvalue weighted by Gasteiger charge is 2.58. The Morgan fingerprint density at radius 1 is 1.40 bits per heavy atom. The van der Waals surface area contributed by atoms with Gasteiger partial charge in [-0.25, -0.2) is 8.78 Å². The van der Waals surface area contributed by atoms with Crippen LogP contribution in [0, 0.1) is 17.3 Å². The zero-order chi connectivity index (χ0) is 7.83. The van der Waals surface area contributed by atoms with E-state index in [4.69, 9.17) is 0 Å². The molecule has 0 bridgehead atoms. The summed E-state index contributed by atoms with van der Waals surface area (Å²) < 4.78 is 25.3. The molecule has 0 aromatic carbocycles. The normalized spacial score (nSPS) is 21.2. The molecule has 1 aliphatic rings. The summed E-state index contributed by atoms with van der Waals surface area (Å²) in [6, 6.07) is 0. The lowest BCUT2D eigenvalue weighted by Crippen LogP contribution is -2.24. The van der Waals surface area contributed by atoms with Crippen molar-refractivity contribution in [3.8, 4) is 11.8 Å². The fraction of sp³-hybridized carbons (Fsp3) is 0.750. The molecule has 0 saturated heterocycles. The van der Waals surface area contributed by atoms with Crippen molar-refractivity contribution in [3.05, 3.63) is 0 Å². The van der Waals surface area contributed by atoms with E-state index in [0.29, 0.717) is 12.8 Å². The van der Waals surface area contributed by atoms with Crippen LogP contribution in [0.15, 0.2) is 0 Å². The van der Waals surface area contributed by atoms with Crippen LogP contribution in [-0.4, -0.2) is 5.92 Å². The highest BCUT2D eigenvalue weighted by molar-refractivity contribution is 5.23. The molecule has 0 nitrogen and oxygen atoms in total. The van der Waals surface area contributed by atoms with E-state index in [1.54, 1.807) is 6.92 Å². The van der Waals surface area contributed by atoms with Crippen LogP contribution in [0.2, 0.25) is 0 Å². The third-order valence-corrected chi connectivity index (χ3v) is 1.95. The fourth-order valence-corrected chi connectivity index (χ4v) is 1.04. The molecule has 1 aliphatic carbocycles. The molecule has 0 aromatic heterocycles. The summed E-state index contributed by atoms with van der Waals surface area (Å²) in [5, 5.41) is 0. The lowest BCUT2D eigenvalue weighted by molar-refractivity contribution is -0.0294. The van der Waals surface area contributed by atoms with E-state index in [9.17, 15) is 8.78 Å². The molecular formula is C8H10F2. The van der Waals surface area contributed by atoms with Crippen LogP contribution in [-0.2, 0) is 0 Å². The van der Waals surface area contributed by atoms with Gasteiger partial charge in [0.25, 0.3) is 5.92 Å². The summed E-state index contributed by atoms with van der Waals surface area (Å²) in [6.45, 7) is 2.55. The van der Waals surface area contributed by atoms with Gasteiger partial charge in [0.2, 0.25) is 0 Å². The topological polar surface area (TPSA) is 0 Å². The van der Waals surface area contributed by atoms with E-state index < -0.39 is 11.3 Å². The zero-order valence-corrected chi connectivity index (χ0v) is 6.17. The maximum Gasteiger partial charge on any atom is 0.261 e. The monoisotopic (exact) mass is 144 g/mol. The van der Waals surface area contributed by atoms with Crippen LogP contribution in [0.1, 0.15) is 26.7 Å². The van der Waals surface area contributed by atoms with Crippen LogP contribution < -0.4 is 0 Å². The fourth-order valence-electron chi connectivity index (χ4n) is 1.04. The Kier molecular flexibility index (Phi) is 1.47. The van der Waals surface area contributed by atoms with Crippen molar-refractivity contribution in [2.45, 2.75) is 32.6 Å². The molecule has 0 aromatic rings. The van der Waals surface area contributed by atoms with E-state index in [1.807, 2.05) is 0 Å². The highest BCUT2D eigenvalue weighted by Crippen LogP contribution is 2.56. The van der Waals surface area contributed by atoms with Crippen LogP contribution in [0.25, 0.3) is 0 Å². The van der Waals surface area contributed by atoms with Crippen molar-refractivity contribution in [2.75, 3.05) is 0 Å². The van der Waals surface area contributed by atoms with Crippen molar-refractivity contribution >= 4 is 0 Å². The first kappa shape index (κ1) is 7.53. The second kappa shape index (κ2) is 1.95. The Morgan fingerprint density at radius 3 is 2.00 bits per heavy atom. The number of rotatable bonds is 1. The molecule has 0 radical (unpaired) electrons. The van der Waals surface area contributed by atoms with Gasteiger partial charge in [0.05, 0.1) is 5.41 Å². The second-order valence-electron chi connectivity index (χ2n) is 2.85. The summed E-state index contributed by atoms with van der Waals surface area (Å²) >= 11 is 0. The molecule has 0 heterocycles. The number of hydrogen-bond acceptors (Lipinski definition) is 0. The van der Waals surface area contributed by atoms with Crippen LogP contribution >= 0.6 is 0 Å². The van der Waals surface area contributed by atoms with E-state index in [-0.39, 0.29) is 0 Å². The second-order valence-corrected chi connectivity index (χ2v) is 2.85. The lowest BCUT2D eigenvalue weighted by atomic mass is 10.0. The van der Waals surface area contributed by atoms with Gasteiger partial charge < -0.3 is 0 Å². The Balaban J connectivity index is 2.76. The predicted molar refractivity (Wildman–Crippen MR) is 35.7 cm³/mol. The smallest absolute Gasteiger partial charge is 0.205 e. The Hall–Kier alpha value is -0.580. The number of hydrogen-bond donors (Lipinski definition) is 0. The van der Waals surface area contributed by atoms with E-state index >= 15 is 0 Å². The summed E-state index contributed by atoms with van der Waals surface area (Å²) in [5.41, 5.74) is -0.957. The highest BCUT2D eigenvalue weighted by atomic mass is 19.3. The van der Waals surface area contributed by atoms with Gasteiger partial charge in [-0.2, -0.15) is 0 Å². The minimum absolute atomic E-state index is 0.553. The third-order valence-electron chi connectivity index (χ3n) is 1.95. The quantitative estimate of drug-likeness (QED) is 0.496. The molecule has 56 valence electrons. The average Bonchev–Trinajstić information content (AvgIpc) is 2.45. The first-order chi connectivity index (χ1) is 4.52. The van der Waals surface area contributed by atoms with Crippen LogP contribution in [0.5, 0.6) is 0 Å².